The zero-order chi connectivity index (χ0) is 17.6. The number of benzene rings is 2. The zero-order valence-corrected chi connectivity index (χ0v) is 12.9. The molecule has 0 heterocycles. The van der Waals surface area contributed by atoms with Crippen molar-refractivity contribution < 1.29 is 39.4 Å². The minimum Gasteiger partial charge on any atom is -0.468 e. The number of hydrogen-bond acceptors (Lipinski definition) is 8. The second-order valence-electron chi connectivity index (χ2n) is 4.04. The third-order valence-corrected chi connectivity index (χ3v) is 2.55. The van der Waals surface area contributed by atoms with Gasteiger partial charge in [0, 0.05) is 6.07 Å². The van der Waals surface area contributed by atoms with Crippen molar-refractivity contribution in [2.24, 2.45) is 0 Å². The van der Waals surface area contributed by atoms with Crippen LogP contribution in [-0.4, -0.2) is 47.6 Å². The Balaban J connectivity index is 0.000000240. The van der Waals surface area contributed by atoms with E-state index in [1.807, 2.05) is 0 Å². The van der Waals surface area contributed by atoms with Gasteiger partial charge in [0.1, 0.15) is 23.0 Å². The van der Waals surface area contributed by atoms with Crippen LogP contribution in [0.3, 0.4) is 0 Å². The van der Waals surface area contributed by atoms with Gasteiger partial charge >= 0.3 is 0 Å². The lowest BCUT2D eigenvalue weighted by Gasteiger charge is -2.04. The van der Waals surface area contributed by atoms with Gasteiger partial charge in [0.2, 0.25) is 0 Å². The van der Waals surface area contributed by atoms with Crippen molar-refractivity contribution in [3.63, 3.8) is 0 Å². The molecule has 8 nitrogen and oxygen atoms in total. The largest absolute Gasteiger partial charge is 0.468 e. The van der Waals surface area contributed by atoms with Gasteiger partial charge in [-0.1, -0.05) is 6.07 Å². The highest BCUT2D eigenvalue weighted by Crippen LogP contribution is 2.18. The highest BCUT2D eigenvalue weighted by atomic mass is 16.6. The molecule has 0 aromatic heterocycles. The molecule has 0 aliphatic carbocycles. The molecule has 0 atom stereocenters. The van der Waals surface area contributed by atoms with Crippen molar-refractivity contribution in [1.82, 2.24) is 0 Å². The minimum absolute atomic E-state index is 0.347. The first-order valence-corrected chi connectivity index (χ1v) is 6.88. The molecule has 0 spiro atoms. The first-order chi connectivity index (χ1) is 11.7. The maximum absolute atomic E-state index is 8.43. The van der Waals surface area contributed by atoms with E-state index in [4.69, 9.17) is 39.4 Å². The second kappa shape index (κ2) is 12.0. The summed E-state index contributed by atoms with van der Waals surface area (Å²) in [7, 11) is 0. The highest BCUT2D eigenvalue weighted by Gasteiger charge is 1.95. The van der Waals surface area contributed by atoms with Crippen molar-refractivity contribution in [1.29, 1.82) is 0 Å². The number of aliphatic hydroxyl groups is 4. The van der Waals surface area contributed by atoms with Crippen LogP contribution in [0.15, 0.2) is 48.5 Å². The molecule has 2 aromatic rings. The van der Waals surface area contributed by atoms with Crippen molar-refractivity contribution in [2.75, 3.05) is 27.2 Å². The van der Waals surface area contributed by atoms with Crippen LogP contribution < -0.4 is 18.9 Å². The van der Waals surface area contributed by atoms with E-state index < -0.39 is 0 Å². The van der Waals surface area contributed by atoms with E-state index in [1.54, 1.807) is 48.5 Å². The first kappa shape index (κ1) is 19.5. The summed E-state index contributed by atoms with van der Waals surface area (Å²) in [4.78, 5) is 0. The fourth-order valence-corrected chi connectivity index (χ4v) is 1.58. The van der Waals surface area contributed by atoms with Crippen LogP contribution in [0.2, 0.25) is 0 Å². The third kappa shape index (κ3) is 7.65. The topological polar surface area (TPSA) is 118 Å². The zero-order valence-electron chi connectivity index (χ0n) is 12.9. The van der Waals surface area contributed by atoms with Crippen LogP contribution in [0.25, 0.3) is 0 Å². The van der Waals surface area contributed by atoms with Gasteiger partial charge in [-0.2, -0.15) is 0 Å². The lowest BCUT2D eigenvalue weighted by atomic mass is 10.3. The van der Waals surface area contributed by atoms with Crippen LogP contribution >= 0.6 is 0 Å². The van der Waals surface area contributed by atoms with E-state index in [0.717, 1.165) is 0 Å². The Hall–Kier alpha value is -2.52. The molecular formula is C16H20O8. The van der Waals surface area contributed by atoms with E-state index >= 15 is 0 Å². The van der Waals surface area contributed by atoms with Gasteiger partial charge in [-0.15, -0.1) is 0 Å². The van der Waals surface area contributed by atoms with Gasteiger partial charge in [-0.25, -0.2) is 0 Å². The Morgan fingerprint density at radius 3 is 1.17 bits per heavy atom. The van der Waals surface area contributed by atoms with Gasteiger partial charge in [-0.05, 0) is 36.4 Å². The smallest absolute Gasteiger partial charge is 0.186 e. The highest BCUT2D eigenvalue weighted by molar-refractivity contribution is 5.32. The molecule has 0 saturated carbocycles. The number of rotatable bonds is 8. The predicted molar refractivity (Wildman–Crippen MR) is 83.7 cm³/mol. The molecule has 8 heteroatoms. The van der Waals surface area contributed by atoms with Gasteiger partial charge in [0.15, 0.2) is 27.2 Å². The molecule has 0 aliphatic heterocycles. The SMILES string of the molecule is OCOc1ccc(OCO)cc1.OCOc1cccc(OCO)c1. The molecule has 0 unspecified atom stereocenters. The van der Waals surface area contributed by atoms with Crippen LogP contribution in [0.5, 0.6) is 23.0 Å². The van der Waals surface area contributed by atoms with Crippen molar-refractivity contribution in [3.8, 4) is 23.0 Å². The van der Waals surface area contributed by atoms with E-state index in [1.165, 1.54) is 0 Å². The lowest BCUT2D eigenvalue weighted by molar-refractivity contribution is 0.0921. The lowest BCUT2D eigenvalue weighted by Crippen LogP contribution is -1.97. The number of hydrogen-bond donors (Lipinski definition) is 4. The summed E-state index contributed by atoms with van der Waals surface area (Å²) in [6.07, 6.45) is 0. The Morgan fingerprint density at radius 2 is 0.833 bits per heavy atom. The third-order valence-electron chi connectivity index (χ3n) is 2.55. The quantitative estimate of drug-likeness (QED) is 0.519. The van der Waals surface area contributed by atoms with Gasteiger partial charge in [-0.3, -0.25) is 0 Å². The Bertz CT molecular complexity index is 512. The van der Waals surface area contributed by atoms with Crippen LogP contribution in [0.1, 0.15) is 0 Å². The van der Waals surface area contributed by atoms with Gasteiger partial charge < -0.3 is 39.4 Å². The maximum atomic E-state index is 8.43. The fourth-order valence-electron chi connectivity index (χ4n) is 1.58. The summed E-state index contributed by atoms with van der Waals surface area (Å²) in [5.74, 6) is 2.12. The average molecular weight is 340 g/mol. The maximum Gasteiger partial charge on any atom is 0.186 e. The van der Waals surface area contributed by atoms with Gasteiger partial charge in [0.05, 0.1) is 0 Å². The molecule has 0 fully saturated rings. The summed E-state index contributed by atoms with van der Waals surface area (Å²) in [5, 5.41) is 33.7. The number of aliphatic hydroxyl groups excluding tert-OH is 4. The number of ether oxygens (including phenoxy) is 4. The normalized spacial score (nSPS) is 9.50. The first-order valence-electron chi connectivity index (χ1n) is 6.88. The molecule has 0 radical (unpaired) electrons. The average Bonchev–Trinajstić information content (AvgIpc) is 2.59. The van der Waals surface area contributed by atoms with Gasteiger partial charge in [0.25, 0.3) is 0 Å². The van der Waals surface area contributed by atoms with Crippen LogP contribution in [0, 0.1) is 0 Å². The molecular weight excluding hydrogens is 320 g/mol. The van der Waals surface area contributed by atoms with E-state index in [0.29, 0.717) is 23.0 Å². The fraction of sp³-hybridized carbons (Fsp3) is 0.250. The summed E-state index contributed by atoms with van der Waals surface area (Å²) in [5.41, 5.74) is 0. The molecule has 0 saturated heterocycles. The summed E-state index contributed by atoms with van der Waals surface area (Å²) >= 11 is 0. The van der Waals surface area contributed by atoms with Crippen molar-refractivity contribution in [3.05, 3.63) is 48.5 Å². The minimum atomic E-state index is -0.372. The van der Waals surface area contributed by atoms with E-state index in [2.05, 4.69) is 0 Å². The van der Waals surface area contributed by atoms with Crippen molar-refractivity contribution in [2.45, 2.75) is 0 Å². The monoisotopic (exact) mass is 340 g/mol. The molecule has 132 valence electrons. The van der Waals surface area contributed by atoms with Crippen molar-refractivity contribution >= 4 is 0 Å². The molecule has 24 heavy (non-hydrogen) atoms. The molecule has 4 N–H and O–H groups in total. The summed E-state index contributed by atoms with van der Waals surface area (Å²) < 4.78 is 19.1. The summed E-state index contributed by atoms with van der Waals surface area (Å²) in [6, 6.07) is 13.2. The van der Waals surface area contributed by atoms with Crippen LogP contribution in [-0.2, 0) is 0 Å². The molecule has 0 aliphatic rings. The molecule has 2 rings (SSSR count). The predicted octanol–water partition coefficient (Wildman–Crippen LogP) is 0.688. The molecule has 0 bridgehead atoms. The van der Waals surface area contributed by atoms with Crippen LogP contribution in [0.4, 0.5) is 0 Å². The molecule has 0 amide bonds. The van der Waals surface area contributed by atoms with E-state index in [9.17, 15) is 0 Å². The Kier molecular flexibility index (Phi) is 9.74. The standard InChI is InChI=1S/2C8H10O4/c9-5-11-7-1-2-8(4-3-7)12-6-10;9-5-11-7-2-1-3-8(4-7)12-6-10/h2*1-4,9-10H,5-6H2. The Morgan fingerprint density at radius 1 is 0.500 bits per heavy atom. The Labute approximate surface area is 139 Å². The van der Waals surface area contributed by atoms with E-state index in [-0.39, 0.29) is 27.2 Å². The second-order valence-corrected chi connectivity index (χ2v) is 4.04. The summed E-state index contributed by atoms with van der Waals surface area (Å²) in [6.45, 7) is -1.44. The molecule has 2 aromatic carbocycles.